The normalized spacial score (nSPS) is 14.0. The van der Waals surface area contributed by atoms with Crippen LogP contribution in [0, 0.1) is 0 Å². The first-order chi connectivity index (χ1) is 18.1. The van der Waals surface area contributed by atoms with Crippen molar-refractivity contribution < 1.29 is 34.5 Å². The number of aliphatic hydroxyl groups is 1. The summed E-state index contributed by atoms with van der Waals surface area (Å²) in [6.07, 6.45) is 2.20. The summed E-state index contributed by atoms with van der Waals surface area (Å²) < 4.78 is 0. The number of amides is 3. The van der Waals surface area contributed by atoms with Crippen molar-refractivity contribution in [3.8, 4) is 5.75 Å². The lowest BCUT2D eigenvalue weighted by Gasteiger charge is -2.24. The molecule has 4 unspecified atom stereocenters. The lowest BCUT2D eigenvalue weighted by Crippen LogP contribution is -2.58. The van der Waals surface area contributed by atoms with Crippen molar-refractivity contribution in [1.29, 1.82) is 0 Å². The molecule has 0 aliphatic rings. The number of aliphatic carboxylic acids is 1. The van der Waals surface area contributed by atoms with Crippen LogP contribution < -0.4 is 21.7 Å². The molecule has 12 heteroatoms. The Bertz CT molecular complexity index is 1070. The monoisotopic (exact) mass is 546 g/mol. The second-order valence-corrected chi connectivity index (χ2v) is 9.64. The fourth-order valence-corrected chi connectivity index (χ4v) is 4.02. The molecule has 0 fully saturated rings. The lowest BCUT2D eigenvalue weighted by atomic mass is 10.0. The van der Waals surface area contributed by atoms with Crippen LogP contribution in [0.4, 0.5) is 0 Å². The van der Waals surface area contributed by atoms with E-state index in [9.17, 15) is 34.5 Å². The van der Waals surface area contributed by atoms with Crippen LogP contribution in [0.15, 0.2) is 54.6 Å². The van der Waals surface area contributed by atoms with Gasteiger partial charge in [0, 0.05) is 6.42 Å². The van der Waals surface area contributed by atoms with Crippen molar-refractivity contribution >= 4 is 35.5 Å². The highest BCUT2D eigenvalue weighted by Crippen LogP contribution is 2.11. The van der Waals surface area contributed by atoms with E-state index in [0.29, 0.717) is 11.3 Å². The van der Waals surface area contributed by atoms with Gasteiger partial charge in [-0.1, -0.05) is 42.5 Å². The molecule has 0 saturated carbocycles. The molecular weight excluding hydrogens is 512 g/mol. The summed E-state index contributed by atoms with van der Waals surface area (Å²) in [5.41, 5.74) is 7.50. The summed E-state index contributed by atoms with van der Waals surface area (Å²) >= 11 is 1.42. The quantitative estimate of drug-likeness (QED) is 0.158. The molecule has 2 rings (SSSR count). The maximum Gasteiger partial charge on any atom is 0.326 e. The highest BCUT2D eigenvalue weighted by molar-refractivity contribution is 7.98. The molecule has 38 heavy (non-hydrogen) atoms. The van der Waals surface area contributed by atoms with Gasteiger partial charge < -0.3 is 37.0 Å². The maximum atomic E-state index is 13.2. The van der Waals surface area contributed by atoms with Crippen LogP contribution >= 0.6 is 11.8 Å². The second-order valence-electron chi connectivity index (χ2n) is 8.65. The number of rotatable bonds is 15. The first kappa shape index (κ1) is 30.6. The zero-order valence-corrected chi connectivity index (χ0v) is 21.8. The Morgan fingerprint density at radius 1 is 0.816 bits per heavy atom. The molecule has 2 aromatic rings. The summed E-state index contributed by atoms with van der Waals surface area (Å²) in [7, 11) is 0. The number of nitrogens with one attached hydrogen (secondary N) is 3. The molecule has 0 bridgehead atoms. The van der Waals surface area contributed by atoms with Gasteiger partial charge in [-0.05, 0) is 48.1 Å². The van der Waals surface area contributed by atoms with Gasteiger partial charge in [0.05, 0.1) is 12.6 Å². The maximum absolute atomic E-state index is 13.2. The summed E-state index contributed by atoms with van der Waals surface area (Å²) in [6, 6.07) is 10.3. The molecular formula is C26H34N4O7S. The fourth-order valence-electron chi connectivity index (χ4n) is 3.55. The molecule has 11 nitrogen and oxygen atoms in total. The molecule has 0 aliphatic heterocycles. The largest absolute Gasteiger partial charge is 0.508 e. The number of hydrogen-bond acceptors (Lipinski definition) is 8. The Morgan fingerprint density at radius 3 is 1.95 bits per heavy atom. The van der Waals surface area contributed by atoms with Crippen LogP contribution in [0.5, 0.6) is 5.75 Å². The van der Waals surface area contributed by atoms with Gasteiger partial charge >= 0.3 is 5.97 Å². The molecule has 0 aromatic heterocycles. The molecule has 4 atom stereocenters. The average Bonchev–Trinajstić information content (AvgIpc) is 2.90. The summed E-state index contributed by atoms with van der Waals surface area (Å²) in [4.78, 5) is 50.1. The first-order valence-electron chi connectivity index (χ1n) is 12.0. The zero-order valence-electron chi connectivity index (χ0n) is 21.0. The number of phenolic OH excluding ortho intramolecular Hbond substituents is 1. The van der Waals surface area contributed by atoms with Gasteiger partial charge in [-0.25, -0.2) is 4.79 Å². The van der Waals surface area contributed by atoms with Crippen LogP contribution in [0.3, 0.4) is 0 Å². The topological polar surface area (TPSA) is 191 Å². The number of carbonyl (C=O) groups is 4. The molecule has 3 amide bonds. The van der Waals surface area contributed by atoms with Crippen LogP contribution in [-0.4, -0.2) is 81.8 Å². The van der Waals surface area contributed by atoms with E-state index < -0.39 is 54.5 Å². The smallest absolute Gasteiger partial charge is 0.326 e. The van der Waals surface area contributed by atoms with Gasteiger partial charge in [-0.3, -0.25) is 14.4 Å². The van der Waals surface area contributed by atoms with Crippen molar-refractivity contribution in [2.75, 3.05) is 18.6 Å². The van der Waals surface area contributed by atoms with Gasteiger partial charge in [0.25, 0.3) is 0 Å². The molecule has 0 radical (unpaired) electrons. The second kappa shape index (κ2) is 15.6. The number of thioether (sulfide) groups is 1. The van der Waals surface area contributed by atoms with Crippen molar-refractivity contribution in [2.24, 2.45) is 5.73 Å². The van der Waals surface area contributed by atoms with E-state index in [4.69, 9.17) is 5.73 Å². The molecule has 0 aliphatic carbocycles. The van der Waals surface area contributed by atoms with Crippen LogP contribution in [0.2, 0.25) is 0 Å². The number of phenols is 1. The minimum Gasteiger partial charge on any atom is -0.508 e. The van der Waals surface area contributed by atoms with Crippen LogP contribution in [0.1, 0.15) is 17.5 Å². The van der Waals surface area contributed by atoms with Gasteiger partial charge in [0.15, 0.2) is 0 Å². The van der Waals surface area contributed by atoms with Crippen LogP contribution in [0.25, 0.3) is 0 Å². The minimum absolute atomic E-state index is 0.0766. The Labute approximate surface area is 225 Å². The average molecular weight is 547 g/mol. The Balaban J connectivity index is 2.12. The molecule has 206 valence electrons. The summed E-state index contributed by atoms with van der Waals surface area (Å²) in [6.45, 7) is -0.779. The van der Waals surface area contributed by atoms with E-state index in [-0.39, 0.29) is 25.0 Å². The number of aliphatic hydroxyl groups excluding tert-OH is 1. The molecule has 0 saturated heterocycles. The number of carbonyl (C=O) groups excluding carboxylic acids is 3. The van der Waals surface area contributed by atoms with E-state index in [1.165, 1.54) is 23.9 Å². The van der Waals surface area contributed by atoms with E-state index in [2.05, 4.69) is 16.0 Å². The predicted molar refractivity (Wildman–Crippen MR) is 143 cm³/mol. The minimum atomic E-state index is -1.43. The standard InChI is InChI=1S/C26H34N4O7S/c1-38-12-11-20(26(36)37)28-25(35)22(15-31)30-24(34)21(14-16-5-3-2-4-6-16)29-23(33)19(27)13-17-7-9-18(32)10-8-17/h2-10,19-22,31-32H,11-15,27H2,1H3,(H,28,35)(H,29,33)(H,30,34)(H,36,37). The molecule has 0 heterocycles. The predicted octanol–water partition coefficient (Wildman–Crippen LogP) is -0.211. The SMILES string of the molecule is CSCCC(NC(=O)C(CO)NC(=O)C(Cc1ccccc1)NC(=O)C(N)Cc1ccc(O)cc1)C(=O)O. The van der Waals surface area contributed by atoms with E-state index in [1.807, 2.05) is 0 Å². The number of hydrogen-bond donors (Lipinski definition) is 7. The number of carboxylic acids is 1. The Hall–Kier alpha value is -3.61. The van der Waals surface area contributed by atoms with Gasteiger partial charge in [-0.2, -0.15) is 11.8 Å². The molecule has 0 spiro atoms. The zero-order chi connectivity index (χ0) is 28.1. The number of carboxylic acid groups (broad SMARTS) is 1. The first-order valence-corrected chi connectivity index (χ1v) is 13.3. The van der Waals surface area contributed by atoms with Crippen molar-refractivity contribution in [3.05, 3.63) is 65.7 Å². The third-order valence-electron chi connectivity index (χ3n) is 5.69. The fraction of sp³-hybridized carbons (Fsp3) is 0.385. The van der Waals surface area contributed by atoms with Crippen LogP contribution in [-0.2, 0) is 32.0 Å². The van der Waals surface area contributed by atoms with E-state index in [1.54, 1.807) is 48.7 Å². The third-order valence-corrected chi connectivity index (χ3v) is 6.33. The highest BCUT2D eigenvalue weighted by atomic mass is 32.2. The van der Waals surface area contributed by atoms with E-state index >= 15 is 0 Å². The van der Waals surface area contributed by atoms with E-state index in [0.717, 1.165) is 5.56 Å². The number of aromatic hydroxyl groups is 1. The Morgan fingerprint density at radius 2 is 1.37 bits per heavy atom. The van der Waals surface area contributed by atoms with Crippen molar-refractivity contribution in [3.63, 3.8) is 0 Å². The Kier molecular flexibility index (Phi) is 12.6. The number of benzene rings is 2. The third kappa shape index (κ3) is 10.0. The van der Waals surface area contributed by atoms with Gasteiger partial charge in [0.2, 0.25) is 17.7 Å². The lowest BCUT2D eigenvalue weighted by molar-refractivity contribution is -0.142. The summed E-state index contributed by atoms with van der Waals surface area (Å²) in [5, 5.41) is 35.9. The van der Waals surface area contributed by atoms with Gasteiger partial charge in [-0.15, -0.1) is 0 Å². The molecule has 2 aromatic carbocycles. The number of nitrogens with two attached hydrogens (primary N) is 1. The highest BCUT2D eigenvalue weighted by Gasteiger charge is 2.30. The van der Waals surface area contributed by atoms with Crippen molar-refractivity contribution in [2.45, 2.75) is 43.4 Å². The van der Waals surface area contributed by atoms with Crippen molar-refractivity contribution in [1.82, 2.24) is 16.0 Å². The molecule has 8 N–H and O–H groups in total. The summed E-state index contributed by atoms with van der Waals surface area (Å²) in [5.74, 6) is -2.88. The van der Waals surface area contributed by atoms with Gasteiger partial charge in [0.1, 0.15) is 23.9 Å².